The maximum absolute atomic E-state index is 12.1. The van der Waals surface area contributed by atoms with Gasteiger partial charge in [0.25, 0.3) is 0 Å². The molecule has 2 fully saturated rings. The van der Waals surface area contributed by atoms with Gasteiger partial charge < -0.3 is 14.7 Å². The van der Waals surface area contributed by atoms with Crippen LogP contribution in [0.2, 0.25) is 0 Å². The van der Waals surface area contributed by atoms with Crippen molar-refractivity contribution in [1.29, 1.82) is 0 Å². The van der Waals surface area contributed by atoms with Crippen LogP contribution >= 0.6 is 11.8 Å². The Hall–Kier alpha value is -1.57. The van der Waals surface area contributed by atoms with E-state index in [-0.39, 0.29) is 30.3 Å². The third-order valence-electron chi connectivity index (χ3n) is 4.56. The number of hydrogen-bond acceptors (Lipinski definition) is 6. The highest BCUT2D eigenvalue weighted by molar-refractivity contribution is 7.99. The van der Waals surface area contributed by atoms with Gasteiger partial charge in [0.1, 0.15) is 6.04 Å². The van der Waals surface area contributed by atoms with Gasteiger partial charge in [-0.05, 0) is 12.8 Å². The number of amides is 2. The predicted molar refractivity (Wildman–Crippen MR) is 90.2 cm³/mol. The molecule has 1 aliphatic heterocycles. The first-order chi connectivity index (χ1) is 11.7. The molecule has 1 aromatic heterocycles. The maximum atomic E-state index is 12.1. The Morgan fingerprint density at radius 1 is 1.33 bits per heavy atom. The highest BCUT2D eigenvalue weighted by Crippen LogP contribution is 2.32. The molecule has 2 aliphatic rings. The number of rotatable bonds is 5. The van der Waals surface area contributed by atoms with E-state index in [1.54, 1.807) is 16.7 Å². The van der Waals surface area contributed by atoms with Gasteiger partial charge in [-0.3, -0.25) is 9.59 Å². The van der Waals surface area contributed by atoms with Gasteiger partial charge in [0.2, 0.25) is 17.7 Å². The first-order valence-electron chi connectivity index (χ1n) is 8.66. The van der Waals surface area contributed by atoms with Crippen molar-refractivity contribution in [2.45, 2.75) is 64.0 Å². The largest absolute Gasteiger partial charge is 0.353 e. The van der Waals surface area contributed by atoms with E-state index >= 15 is 0 Å². The Kier molecular flexibility index (Phi) is 5.76. The van der Waals surface area contributed by atoms with Crippen LogP contribution in [-0.4, -0.2) is 44.5 Å². The molecule has 132 valence electrons. The Morgan fingerprint density at radius 3 is 2.88 bits per heavy atom. The molecule has 1 aromatic rings. The van der Waals surface area contributed by atoms with Crippen molar-refractivity contribution < 1.29 is 14.1 Å². The molecule has 1 aliphatic carbocycles. The molecule has 8 heteroatoms. The second-order valence-corrected chi connectivity index (χ2v) is 7.36. The van der Waals surface area contributed by atoms with E-state index in [9.17, 15) is 9.59 Å². The van der Waals surface area contributed by atoms with E-state index in [0.29, 0.717) is 24.0 Å². The van der Waals surface area contributed by atoms with Crippen LogP contribution in [0.25, 0.3) is 0 Å². The third-order valence-corrected chi connectivity index (χ3v) is 5.58. The molecule has 0 spiro atoms. The molecule has 0 aromatic carbocycles. The summed E-state index contributed by atoms with van der Waals surface area (Å²) in [6.45, 7) is 1.84. The molecule has 24 heavy (non-hydrogen) atoms. The molecule has 3 rings (SSSR count). The zero-order valence-corrected chi connectivity index (χ0v) is 14.8. The minimum Gasteiger partial charge on any atom is -0.353 e. The number of thioether (sulfide) groups is 1. The molecule has 2 heterocycles. The van der Waals surface area contributed by atoms with E-state index in [1.165, 1.54) is 19.3 Å². The van der Waals surface area contributed by atoms with Crippen molar-refractivity contribution in [2.24, 2.45) is 0 Å². The van der Waals surface area contributed by atoms with Crippen molar-refractivity contribution in [2.75, 3.05) is 11.6 Å². The summed E-state index contributed by atoms with van der Waals surface area (Å²) in [5, 5.41) is 6.97. The predicted octanol–water partition coefficient (Wildman–Crippen LogP) is 2.04. The third kappa shape index (κ3) is 4.09. The lowest BCUT2D eigenvalue weighted by atomic mass is 9.95. The summed E-state index contributed by atoms with van der Waals surface area (Å²) in [5.74, 6) is 2.25. The Balaban J connectivity index is 1.56. The van der Waals surface area contributed by atoms with Crippen molar-refractivity contribution in [1.82, 2.24) is 20.4 Å². The molecule has 0 bridgehead atoms. The molecule has 0 radical (unpaired) electrons. The topological polar surface area (TPSA) is 88.3 Å². The van der Waals surface area contributed by atoms with Gasteiger partial charge in [-0.15, -0.1) is 11.8 Å². The van der Waals surface area contributed by atoms with Crippen LogP contribution in [0.1, 0.15) is 63.2 Å². The van der Waals surface area contributed by atoms with E-state index in [2.05, 4.69) is 15.5 Å². The highest BCUT2D eigenvalue weighted by atomic mass is 32.2. The fraction of sp³-hybridized carbons (Fsp3) is 0.750. The number of carbonyl (C=O) groups is 2. The summed E-state index contributed by atoms with van der Waals surface area (Å²) in [6, 6.07) is 0.103. The van der Waals surface area contributed by atoms with E-state index in [1.807, 2.05) is 6.92 Å². The zero-order valence-electron chi connectivity index (χ0n) is 14.0. The quantitative estimate of drug-likeness (QED) is 0.872. The van der Waals surface area contributed by atoms with Crippen LogP contribution in [0.15, 0.2) is 4.52 Å². The molecule has 1 atom stereocenters. The van der Waals surface area contributed by atoms with Crippen LogP contribution in [0, 0.1) is 0 Å². The van der Waals surface area contributed by atoms with Crippen LogP contribution in [0.5, 0.6) is 0 Å². The van der Waals surface area contributed by atoms with Crippen LogP contribution in [0.3, 0.4) is 0 Å². The van der Waals surface area contributed by atoms with Gasteiger partial charge >= 0.3 is 0 Å². The zero-order chi connectivity index (χ0) is 16.9. The Labute approximate surface area is 145 Å². The normalized spacial score (nSPS) is 21.9. The standard InChI is InChI=1S/C16H24N4O3S/c1-2-15(22)20-10-24-9-12(20)16-18-13(19-23-16)8-14(21)17-11-6-4-3-5-7-11/h11-12H,2-10H2,1H3,(H,17,21)/t12-/m0/s1. The monoisotopic (exact) mass is 352 g/mol. The van der Waals surface area contributed by atoms with Gasteiger partial charge in [0.15, 0.2) is 5.82 Å². The van der Waals surface area contributed by atoms with Crippen molar-refractivity contribution in [3.8, 4) is 0 Å². The summed E-state index contributed by atoms with van der Waals surface area (Å²) < 4.78 is 5.32. The maximum Gasteiger partial charge on any atom is 0.250 e. The second-order valence-electron chi connectivity index (χ2n) is 6.36. The van der Waals surface area contributed by atoms with Crippen LogP contribution in [0.4, 0.5) is 0 Å². The number of nitrogens with zero attached hydrogens (tertiary/aromatic N) is 3. The summed E-state index contributed by atoms with van der Waals surface area (Å²) in [5.41, 5.74) is 0. The fourth-order valence-electron chi connectivity index (χ4n) is 3.24. The first-order valence-corrected chi connectivity index (χ1v) is 9.82. The Morgan fingerprint density at radius 2 is 2.12 bits per heavy atom. The van der Waals surface area contributed by atoms with Gasteiger partial charge in [-0.25, -0.2) is 0 Å². The number of aromatic nitrogens is 2. The van der Waals surface area contributed by atoms with Crippen LogP contribution in [-0.2, 0) is 16.0 Å². The minimum atomic E-state index is -0.176. The molecular weight excluding hydrogens is 328 g/mol. The lowest BCUT2D eigenvalue weighted by Crippen LogP contribution is -2.37. The summed E-state index contributed by atoms with van der Waals surface area (Å²) >= 11 is 1.67. The van der Waals surface area contributed by atoms with E-state index < -0.39 is 0 Å². The number of nitrogens with one attached hydrogen (secondary N) is 1. The lowest BCUT2D eigenvalue weighted by Gasteiger charge is -2.22. The molecule has 1 saturated heterocycles. The first kappa shape index (κ1) is 17.3. The van der Waals surface area contributed by atoms with E-state index in [4.69, 9.17) is 4.52 Å². The Bertz CT molecular complexity index is 586. The molecule has 1 saturated carbocycles. The SMILES string of the molecule is CCC(=O)N1CSC[C@H]1c1nc(CC(=O)NC2CCCCC2)no1. The average molecular weight is 352 g/mol. The summed E-state index contributed by atoms with van der Waals surface area (Å²) in [7, 11) is 0. The molecule has 1 N–H and O–H groups in total. The van der Waals surface area contributed by atoms with Crippen LogP contribution < -0.4 is 5.32 Å². The second kappa shape index (κ2) is 8.00. The summed E-state index contributed by atoms with van der Waals surface area (Å²) in [4.78, 5) is 30.2. The molecule has 0 unspecified atom stereocenters. The minimum absolute atomic E-state index is 0.0588. The average Bonchev–Trinajstić information content (AvgIpc) is 3.23. The number of carbonyl (C=O) groups excluding carboxylic acids is 2. The molecule has 7 nitrogen and oxygen atoms in total. The molecular formula is C16H24N4O3S. The lowest BCUT2D eigenvalue weighted by molar-refractivity contribution is -0.131. The fourth-order valence-corrected chi connectivity index (χ4v) is 4.41. The van der Waals surface area contributed by atoms with Crippen molar-refractivity contribution >= 4 is 23.6 Å². The van der Waals surface area contributed by atoms with Crippen molar-refractivity contribution in [3.63, 3.8) is 0 Å². The summed E-state index contributed by atoms with van der Waals surface area (Å²) in [6.07, 6.45) is 6.31. The van der Waals surface area contributed by atoms with Gasteiger partial charge in [-0.1, -0.05) is 31.3 Å². The van der Waals surface area contributed by atoms with E-state index in [0.717, 1.165) is 18.6 Å². The number of hydrogen-bond donors (Lipinski definition) is 1. The van der Waals surface area contributed by atoms with Gasteiger partial charge in [0, 0.05) is 18.2 Å². The van der Waals surface area contributed by atoms with Crippen molar-refractivity contribution in [3.05, 3.63) is 11.7 Å². The molecule has 2 amide bonds. The van der Waals surface area contributed by atoms with Gasteiger partial charge in [-0.2, -0.15) is 4.98 Å². The smallest absolute Gasteiger partial charge is 0.250 e. The highest BCUT2D eigenvalue weighted by Gasteiger charge is 2.34. The van der Waals surface area contributed by atoms with Gasteiger partial charge in [0.05, 0.1) is 12.3 Å².